The molecule has 0 aromatic carbocycles. The number of halogens is 1. The first-order chi connectivity index (χ1) is 8.60. The lowest BCUT2D eigenvalue weighted by Gasteiger charge is -2.19. The lowest BCUT2D eigenvalue weighted by atomic mass is 10.2. The number of aromatic nitrogens is 3. The Morgan fingerprint density at radius 1 is 1.33 bits per heavy atom. The molecule has 5 nitrogen and oxygen atoms in total. The Kier molecular flexibility index (Phi) is 5.85. The van der Waals surface area contributed by atoms with E-state index in [1.165, 1.54) is 0 Å². The molecule has 18 heavy (non-hydrogen) atoms. The van der Waals surface area contributed by atoms with Crippen LogP contribution in [-0.4, -0.2) is 34.1 Å². The van der Waals surface area contributed by atoms with E-state index in [0.29, 0.717) is 11.9 Å². The van der Waals surface area contributed by atoms with E-state index in [1.807, 2.05) is 17.9 Å². The van der Waals surface area contributed by atoms with Gasteiger partial charge in [-0.2, -0.15) is 15.0 Å². The van der Waals surface area contributed by atoms with Gasteiger partial charge in [-0.15, -0.1) is 6.58 Å². The van der Waals surface area contributed by atoms with Gasteiger partial charge in [0.1, 0.15) is 0 Å². The van der Waals surface area contributed by atoms with Gasteiger partial charge in [-0.25, -0.2) is 0 Å². The highest BCUT2D eigenvalue weighted by Gasteiger charge is 2.11. The van der Waals surface area contributed by atoms with Gasteiger partial charge in [0, 0.05) is 19.1 Å². The molecule has 0 saturated carbocycles. The van der Waals surface area contributed by atoms with Crippen LogP contribution >= 0.6 is 11.6 Å². The average molecular weight is 270 g/mol. The summed E-state index contributed by atoms with van der Waals surface area (Å²) >= 11 is 5.92. The van der Waals surface area contributed by atoms with Gasteiger partial charge in [0.25, 0.3) is 0 Å². The lowest BCUT2D eigenvalue weighted by Crippen LogP contribution is -2.25. The standard InChI is InChI=1S/C12H20ClN5/c1-5-8-9(4)14-11-15-10(13)16-12(17-11)18(6-2)7-3/h5,9H,1,6-8H2,2-4H3,(H,14,15,16,17). The van der Waals surface area contributed by atoms with Crippen molar-refractivity contribution in [2.24, 2.45) is 0 Å². The van der Waals surface area contributed by atoms with Crippen LogP contribution in [0.3, 0.4) is 0 Å². The monoisotopic (exact) mass is 269 g/mol. The molecule has 1 atom stereocenters. The van der Waals surface area contributed by atoms with E-state index in [0.717, 1.165) is 19.5 Å². The van der Waals surface area contributed by atoms with E-state index in [4.69, 9.17) is 11.6 Å². The number of rotatable bonds is 7. The maximum atomic E-state index is 5.92. The van der Waals surface area contributed by atoms with E-state index < -0.39 is 0 Å². The topological polar surface area (TPSA) is 53.9 Å². The zero-order valence-corrected chi connectivity index (χ0v) is 11.9. The molecule has 6 heteroatoms. The van der Waals surface area contributed by atoms with Gasteiger partial charge in [0.05, 0.1) is 0 Å². The smallest absolute Gasteiger partial charge is 0.231 e. The summed E-state index contributed by atoms with van der Waals surface area (Å²) < 4.78 is 0. The Morgan fingerprint density at radius 3 is 2.56 bits per heavy atom. The van der Waals surface area contributed by atoms with Gasteiger partial charge in [-0.1, -0.05) is 6.08 Å². The number of hydrogen-bond donors (Lipinski definition) is 1. The fourth-order valence-corrected chi connectivity index (χ4v) is 1.74. The second kappa shape index (κ2) is 7.16. The Labute approximate surface area is 113 Å². The Bertz CT molecular complexity index is 392. The molecular formula is C12H20ClN5. The van der Waals surface area contributed by atoms with E-state index in [2.05, 4.69) is 40.7 Å². The van der Waals surface area contributed by atoms with Crippen molar-refractivity contribution in [2.75, 3.05) is 23.3 Å². The van der Waals surface area contributed by atoms with Crippen molar-refractivity contribution >= 4 is 23.5 Å². The molecule has 0 aliphatic carbocycles. The lowest BCUT2D eigenvalue weighted by molar-refractivity contribution is 0.778. The fourth-order valence-electron chi connectivity index (χ4n) is 1.58. The first-order valence-electron chi connectivity index (χ1n) is 6.14. The number of nitrogens with zero attached hydrogens (tertiary/aromatic N) is 4. The summed E-state index contributed by atoms with van der Waals surface area (Å²) in [4.78, 5) is 14.6. The van der Waals surface area contributed by atoms with Crippen LogP contribution in [0.4, 0.5) is 11.9 Å². The predicted molar refractivity (Wildman–Crippen MR) is 76.3 cm³/mol. The van der Waals surface area contributed by atoms with Crippen molar-refractivity contribution in [3.05, 3.63) is 17.9 Å². The third-order valence-electron chi connectivity index (χ3n) is 2.54. The van der Waals surface area contributed by atoms with Gasteiger partial charge in [-0.3, -0.25) is 0 Å². The van der Waals surface area contributed by atoms with Crippen LogP contribution < -0.4 is 10.2 Å². The summed E-state index contributed by atoms with van der Waals surface area (Å²) in [6.45, 7) is 11.5. The Hall–Kier alpha value is -1.36. The molecule has 0 aliphatic rings. The van der Waals surface area contributed by atoms with Crippen molar-refractivity contribution < 1.29 is 0 Å². The molecule has 0 saturated heterocycles. The summed E-state index contributed by atoms with van der Waals surface area (Å²) in [6, 6.07) is 0.213. The van der Waals surface area contributed by atoms with Crippen LogP contribution in [0.1, 0.15) is 27.2 Å². The molecule has 1 unspecified atom stereocenters. The van der Waals surface area contributed by atoms with E-state index in [9.17, 15) is 0 Å². The highest BCUT2D eigenvalue weighted by molar-refractivity contribution is 6.28. The molecule has 1 aromatic rings. The molecule has 1 rings (SSSR count). The summed E-state index contributed by atoms with van der Waals surface area (Å²) in [5, 5.41) is 3.39. The van der Waals surface area contributed by atoms with Gasteiger partial charge in [0.15, 0.2) is 0 Å². The van der Waals surface area contributed by atoms with E-state index >= 15 is 0 Å². The maximum absolute atomic E-state index is 5.92. The van der Waals surface area contributed by atoms with Crippen molar-refractivity contribution in [2.45, 2.75) is 33.2 Å². The molecule has 1 heterocycles. The highest BCUT2D eigenvalue weighted by Crippen LogP contribution is 2.14. The minimum Gasteiger partial charge on any atom is -0.351 e. The Balaban J connectivity index is 2.89. The summed E-state index contributed by atoms with van der Waals surface area (Å²) in [7, 11) is 0. The zero-order chi connectivity index (χ0) is 13.5. The Morgan fingerprint density at radius 2 is 2.00 bits per heavy atom. The van der Waals surface area contributed by atoms with Crippen LogP contribution in [0.5, 0.6) is 0 Å². The van der Waals surface area contributed by atoms with Crippen molar-refractivity contribution in [1.82, 2.24) is 15.0 Å². The number of hydrogen-bond acceptors (Lipinski definition) is 5. The van der Waals surface area contributed by atoms with E-state index in [-0.39, 0.29) is 11.3 Å². The summed E-state index contributed by atoms with van der Waals surface area (Å²) in [6.07, 6.45) is 2.69. The van der Waals surface area contributed by atoms with Gasteiger partial charge < -0.3 is 10.2 Å². The summed E-state index contributed by atoms with van der Waals surface area (Å²) in [5.74, 6) is 1.11. The molecule has 1 aromatic heterocycles. The van der Waals surface area contributed by atoms with Crippen LogP contribution in [0.15, 0.2) is 12.7 Å². The minimum atomic E-state index is 0.209. The molecule has 100 valence electrons. The second-order valence-corrected chi connectivity index (χ2v) is 4.31. The molecular weight excluding hydrogens is 250 g/mol. The predicted octanol–water partition coefficient (Wildman–Crippen LogP) is 2.75. The van der Waals surface area contributed by atoms with Gasteiger partial charge in [0.2, 0.25) is 17.2 Å². The molecule has 0 radical (unpaired) electrons. The minimum absolute atomic E-state index is 0.209. The van der Waals surface area contributed by atoms with Crippen LogP contribution in [0.25, 0.3) is 0 Å². The molecule has 1 N–H and O–H groups in total. The van der Waals surface area contributed by atoms with Crippen molar-refractivity contribution in [3.63, 3.8) is 0 Å². The zero-order valence-electron chi connectivity index (χ0n) is 11.1. The number of anilines is 2. The molecule has 0 bridgehead atoms. The van der Waals surface area contributed by atoms with Crippen LogP contribution in [0, 0.1) is 0 Å². The number of nitrogens with one attached hydrogen (secondary N) is 1. The largest absolute Gasteiger partial charge is 0.351 e. The van der Waals surface area contributed by atoms with Crippen molar-refractivity contribution in [3.8, 4) is 0 Å². The third-order valence-corrected chi connectivity index (χ3v) is 2.71. The summed E-state index contributed by atoms with van der Waals surface area (Å²) in [5.41, 5.74) is 0. The first kappa shape index (κ1) is 14.7. The van der Waals surface area contributed by atoms with Gasteiger partial charge >= 0.3 is 0 Å². The van der Waals surface area contributed by atoms with E-state index in [1.54, 1.807) is 0 Å². The second-order valence-electron chi connectivity index (χ2n) is 3.97. The quantitative estimate of drug-likeness (QED) is 0.772. The van der Waals surface area contributed by atoms with Crippen LogP contribution in [0.2, 0.25) is 5.28 Å². The fraction of sp³-hybridized carbons (Fsp3) is 0.583. The SMILES string of the molecule is C=CCC(C)Nc1nc(Cl)nc(N(CC)CC)n1. The maximum Gasteiger partial charge on any atom is 0.231 e. The first-order valence-corrected chi connectivity index (χ1v) is 6.52. The normalized spacial score (nSPS) is 12.0. The highest BCUT2D eigenvalue weighted by atomic mass is 35.5. The average Bonchev–Trinajstić information content (AvgIpc) is 2.30. The molecule has 0 amide bonds. The molecule has 0 spiro atoms. The van der Waals surface area contributed by atoms with Gasteiger partial charge in [-0.05, 0) is 38.8 Å². The molecule has 0 fully saturated rings. The van der Waals surface area contributed by atoms with Crippen molar-refractivity contribution in [1.29, 1.82) is 0 Å². The third kappa shape index (κ3) is 4.14. The molecule has 0 aliphatic heterocycles. The van der Waals surface area contributed by atoms with Crippen LogP contribution in [-0.2, 0) is 0 Å².